The van der Waals surface area contributed by atoms with Gasteiger partial charge in [-0.3, -0.25) is 14.8 Å². The molecule has 1 aromatic heterocycles. The summed E-state index contributed by atoms with van der Waals surface area (Å²) in [6.45, 7) is 6.29. The topological polar surface area (TPSA) is 122 Å². The normalized spacial score (nSPS) is 11.4. The van der Waals surface area contributed by atoms with E-state index >= 15 is 0 Å². The molecule has 0 bridgehead atoms. The number of carbonyl (C=O) groups excluding carboxylic acids is 1. The maximum Gasteiger partial charge on any atom is 0.263 e. The van der Waals surface area contributed by atoms with Gasteiger partial charge in [0.15, 0.2) is 5.11 Å². The van der Waals surface area contributed by atoms with Crippen molar-refractivity contribution in [2.45, 2.75) is 31.1 Å². The fraction of sp³-hybridized carbons (Fsp3) is 0.217. The summed E-state index contributed by atoms with van der Waals surface area (Å²) in [6.07, 6.45) is 2.74. The van der Waals surface area contributed by atoms with Gasteiger partial charge >= 0.3 is 0 Å². The van der Waals surface area contributed by atoms with E-state index in [0.29, 0.717) is 11.3 Å². The highest BCUT2D eigenvalue weighted by Gasteiger charge is 2.18. The molecule has 0 aliphatic rings. The smallest absolute Gasteiger partial charge is 0.263 e. The van der Waals surface area contributed by atoms with Gasteiger partial charge < -0.3 is 10.1 Å². The molecule has 0 spiro atoms. The number of methoxy groups -OCH3 is 1. The van der Waals surface area contributed by atoms with Gasteiger partial charge in [0.2, 0.25) is 5.82 Å². The number of thiocarbonyl (C=S) groups is 1. The second kappa shape index (κ2) is 10.1. The van der Waals surface area contributed by atoms with Gasteiger partial charge in [-0.15, -0.1) is 0 Å². The molecule has 3 rings (SSSR count). The van der Waals surface area contributed by atoms with E-state index in [1.807, 2.05) is 12.1 Å². The highest BCUT2D eigenvalue weighted by atomic mass is 32.2. The van der Waals surface area contributed by atoms with Gasteiger partial charge in [-0.1, -0.05) is 32.9 Å². The zero-order chi connectivity index (χ0) is 24.9. The largest absolute Gasteiger partial charge is 0.478 e. The number of carbonyl (C=O) groups is 1. The summed E-state index contributed by atoms with van der Waals surface area (Å²) < 4.78 is 32.7. The van der Waals surface area contributed by atoms with Crippen LogP contribution in [0.2, 0.25) is 0 Å². The van der Waals surface area contributed by atoms with Crippen molar-refractivity contribution in [3.63, 3.8) is 0 Å². The van der Waals surface area contributed by atoms with Crippen molar-refractivity contribution in [3.8, 4) is 5.88 Å². The fourth-order valence-electron chi connectivity index (χ4n) is 2.91. The molecule has 1 heterocycles. The Bertz CT molecular complexity index is 1290. The molecule has 9 nitrogen and oxygen atoms in total. The highest BCUT2D eigenvalue weighted by molar-refractivity contribution is 7.92. The van der Waals surface area contributed by atoms with E-state index < -0.39 is 10.0 Å². The first-order valence-corrected chi connectivity index (χ1v) is 12.1. The number of rotatable bonds is 6. The number of anilines is 2. The summed E-state index contributed by atoms with van der Waals surface area (Å²) in [5, 5.41) is 5.57. The van der Waals surface area contributed by atoms with Crippen molar-refractivity contribution in [2.24, 2.45) is 0 Å². The maximum absolute atomic E-state index is 12.7. The first kappa shape index (κ1) is 25.1. The Morgan fingerprint density at radius 3 is 2.18 bits per heavy atom. The predicted molar refractivity (Wildman–Crippen MR) is 135 cm³/mol. The molecule has 0 radical (unpaired) electrons. The van der Waals surface area contributed by atoms with Crippen LogP contribution in [-0.4, -0.2) is 36.5 Å². The lowest BCUT2D eigenvalue weighted by atomic mass is 9.87. The van der Waals surface area contributed by atoms with Crippen molar-refractivity contribution in [1.82, 2.24) is 15.3 Å². The molecule has 0 unspecified atom stereocenters. The van der Waals surface area contributed by atoms with Crippen molar-refractivity contribution < 1.29 is 17.9 Å². The monoisotopic (exact) mass is 499 g/mol. The molecular formula is C23H25N5O4S2. The lowest BCUT2D eigenvalue weighted by Gasteiger charge is -2.19. The quantitative estimate of drug-likeness (QED) is 0.439. The molecule has 0 saturated heterocycles. The molecule has 0 aliphatic carbocycles. The Morgan fingerprint density at radius 2 is 1.59 bits per heavy atom. The summed E-state index contributed by atoms with van der Waals surface area (Å²) in [7, 11) is -2.56. The third-order valence-corrected chi connectivity index (χ3v) is 6.31. The van der Waals surface area contributed by atoms with E-state index in [1.165, 1.54) is 43.8 Å². The molecule has 34 heavy (non-hydrogen) atoms. The number of nitrogens with one attached hydrogen (secondary N) is 3. The number of nitrogens with zero attached hydrogens (tertiary/aromatic N) is 2. The Morgan fingerprint density at radius 1 is 0.971 bits per heavy atom. The van der Waals surface area contributed by atoms with Crippen LogP contribution in [0, 0.1) is 0 Å². The van der Waals surface area contributed by atoms with Gasteiger partial charge in [-0.05, 0) is 59.6 Å². The van der Waals surface area contributed by atoms with E-state index in [-0.39, 0.29) is 33.0 Å². The van der Waals surface area contributed by atoms with Gasteiger partial charge in [0.25, 0.3) is 21.8 Å². The van der Waals surface area contributed by atoms with E-state index in [2.05, 4.69) is 46.1 Å². The van der Waals surface area contributed by atoms with E-state index in [1.54, 1.807) is 12.1 Å². The molecule has 3 N–H and O–H groups in total. The van der Waals surface area contributed by atoms with Gasteiger partial charge in [0.05, 0.1) is 12.0 Å². The predicted octanol–water partition coefficient (Wildman–Crippen LogP) is 3.71. The van der Waals surface area contributed by atoms with Crippen LogP contribution in [0.25, 0.3) is 0 Å². The second-order valence-electron chi connectivity index (χ2n) is 8.28. The number of hydrogen-bond acceptors (Lipinski definition) is 7. The van der Waals surface area contributed by atoms with Crippen molar-refractivity contribution in [3.05, 3.63) is 72.1 Å². The summed E-state index contributed by atoms with van der Waals surface area (Å²) in [5.41, 5.74) is 2.09. The molecule has 178 valence electrons. The zero-order valence-corrected chi connectivity index (χ0v) is 20.8. The van der Waals surface area contributed by atoms with Crippen molar-refractivity contribution >= 4 is 44.8 Å². The van der Waals surface area contributed by atoms with Crippen LogP contribution in [0.15, 0.2) is 65.8 Å². The van der Waals surface area contributed by atoms with E-state index in [0.717, 1.165) is 5.56 Å². The third-order valence-electron chi connectivity index (χ3n) is 4.75. The van der Waals surface area contributed by atoms with Gasteiger partial charge in [-0.2, -0.15) is 0 Å². The van der Waals surface area contributed by atoms with Crippen LogP contribution in [0.5, 0.6) is 5.88 Å². The number of sulfonamides is 1. The molecule has 0 saturated carbocycles. The van der Waals surface area contributed by atoms with Crippen LogP contribution in [0.3, 0.4) is 0 Å². The van der Waals surface area contributed by atoms with Gasteiger partial charge in [0.1, 0.15) is 0 Å². The Labute approximate surface area is 204 Å². The zero-order valence-electron chi connectivity index (χ0n) is 19.1. The Balaban J connectivity index is 1.62. The average molecular weight is 500 g/mol. The van der Waals surface area contributed by atoms with Crippen molar-refractivity contribution in [2.75, 3.05) is 17.1 Å². The van der Waals surface area contributed by atoms with Crippen LogP contribution < -0.4 is 20.1 Å². The molecule has 2 aromatic carbocycles. The Kier molecular flexibility index (Phi) is 7.48. The SMILES string of the molecule is COc1nccnc1NS(=O)(=O)c1ccc(NC(=S)NC(=O)c2ccc(C(C)(C)C)cc2)cc1. The van der Waals surface area contributed by atoms with E-state index in [9.17, 15) is 13.2 Å². The lowest BCUT2D eigenvalue weighted by molar-refractivity contribution is 0.0977. The number of ether oxygens (including phenoxy) is 1. The number of hydrogen-bond donors (Lipinski definition) is 3. The first-order chi connectivity index (χ1) is 16.0. The molecule has 3 aromatic rings. The number of aromatic nitrogens is 2. The molecule has 11 heteroatoms. The second-order valence-corrected chi connectivity index (χ2v) is 10.4. The van der Waals surface area contributed by atoms with E-state index in [4.69, 9.17) is 17.0 Å². The fourth-order valence-corrected chi connectivity index (χ4v) is 4.12. The minimum absolute atomic E-state index is 0.000326. The van der Waals surface area contributed by atoms with Crippen LogP contribution in [0.1, 0.15) is 36.7 Å². The standard InChI is InChI=1S/C23H25N5O4S2/c1-23(2,3)16-7-5-15(6-8-16)20(29)27-22(33)26-17-9-11-18(12-10-17)34(30,31)28-19-21(32-4)25-14-13-24-19/h5-14H,1-4H3,(H,24,28)(H2,26,27,29,33). The molecule has 0 fully saturated rings. The third kappa shape index (κ3) is 6.27. The van der Waals surface area contributed by atoms with Gasteiger partial charge in [-0.25, -0.2) is 18.4 Å². The molecule has 0 atom stereocenters. The van der Waals surface area contributed by atoms with Crippen molar-refractivity contribution in [1.29, 1.82) is 0 Å². The summed E-state index contributed by atoms with van der Waals surface area (Å²) in [5.74, 6) is -0.315. The molecular weight excluding hydrogens is 474 g/mol. The molecule has 0 aliphatic heterocycles. The maximum atomic E-state index is 12.7. The highest BCUT2D eigenvalue weighted by Crippen LogP contribution is 2.23. The molecule has 1 amide bonds. The summed E-state index contributed by atoms with van der Waals surface area (Å²) in [4.78, 5) is 20.3. The van der Waals surface area contributed by atoms with Crippen LogP contribution in [-0.2, 0) is 15.4 Å². The van der Waals surface area contributed by atoms with Crippen LogP contribution >= 0.6 is 12.2 Å². The first-order valence-electron chi connectivity index (χ1n) is 10.2. The minimum atomic E-state index is -3.92. The number of benzene rings is 2. The Hall–Kier alpha value is -3.57. The average Bonchev–Trinajstić information content (AvgIpc) is 2.79. The summed E-state index contributed by atoms with van der Waals surface area (Å²) >= 11 is 5.22. The van der Waals surface area contributed by atoms with Crippen LogP contribution in [0.4, 0.5) is 11.5 Å². The lowest BCUT2D eigenvalue weighted by Crippen LogP contribution is -2.34. The summed E-state index contributed by atoms with van der Waals surface area (Å²) in [6, 6.07) is 13.2. The minimum Gasteiger partial charge on any atom is -0.478 e. The van der Waals surface area contributed by atoms with Gasteiger partial charge in [0, 0.05) is 23.6 Å². The number of amides is 1.